The summed E-state index contributed by atoms with van der Waals surface area (Å²) in [5.74, 6) is 0.995. The van der Waals surface area contributed by atoms with Gasteiger partial charge < -0.3 is 9.80 Å². The van der Waals surface area contributed by atoms with Gasteiger partial charge in [0.15, 0.2) is 0 Å². The smallest absolute Gasteiger partial charge is 0.130 e. The Bertz CT molecular complexity index is 586. The van der Waals surface area contributed by atoms with Crippen LogP contribution in [0.5, 0.6) is 0 Å². The highest BCUT2D eigenvalue weighted by Crippen LogP contribution is 2.30. The van der Waals surface area contributed by atoms with E-state index in [1.165, 1.54) is 22.2 Å². The molecule has 0 spiro atoms. The number of hydrogen-bond donors (Lipinski definition) is 0. The number of aromatic nitrogens is 1. The second-order valence-electron chi connectivity index (χ2n) is 5.24. The molecule has 96 valence electrons. The maximum atomic E-state index is 4.72. The first-order valence-corrected chi connectivity index (χ1v) is 6.17. The standard InChI is InChI=1S/C15H21N3/c1-10-7-12-13(8-11(10)2)16-15(18(5)6)9-14(12)17(3)4/h7-9H,1-6H3. The molecule has 1 aromatic heterocycles. The van der Waals surface area contributed by atoms with Gasteiger partial charge in [0.25, 0.3) is 0 Å². The van der Waals surface area contributed by atoms with Crippen molar-refractivity contribution in [3.05, 3.63) is 29.3 Å². The van der Waals surface area contributed by atoms with Crippen molar-refractivity contribution in [3.63, 3.8) is 0 Å². The molecule has 0 aliphatic heterocycles. The fourth-order valence-electron chi connectivity index (χ4n) is 2.05. The molecule has 1 aromatic carbocycles. The number of rotatable bonds is 2. The van der Waals surface area contributed by atoms with Crippen molar-refractivity contribution >= 4 is 22.4 Å². The number of anilines is 2. The predicted molar refractivity (Wildman–Crippen MR) is 79.9 cm³/mol. The molecule has 0 radical (unpaired) electrons. The molecule has 0 unspecified atom stereocenters. The Balaban J connectivity index is 2.81. The molecular weight excluding hydrogens is 222 g/mol. The highest BCUT2D eigenvalue weighted by molar-refractivity contribution is 5.94. The second kappa shape index (κ2) is 4.48. The minimum absolute atomic E-state index is 0.995. The van der Waals surface area contributed by atoms with Crippen LogP contribution in [0.1, 0.15) is 11.1 Å². The highest BCUT2D eigenvalue weighted by atomic mass is 15.1. The van der Waals surface area contributed by atoms with Gasteiger partial charge in [-0.25, -0.2) is 4.98 Å². The zero-order valence-electron chi connectivity index (χ0n) is 12.1. The van der Waals surface area contributed by atoms with Crippen LogP contribution in [0.4, 0.5) is 11.5 Å². The monoisotopic (exact) mass is 243 g/mol. The fraction of sp³-hybridized carbons (Fsp3) is 0.400. The molecule has 0 aliphatic rings. The van der Waals surface area contributed by atoms with Crippen LogP contribution in [-0.4, -0.2) is 33.2 Å². The number of aryl methyl sites for hydroxylation is 2. The fourth-order valence-corrected chi connectivity index (χ4v) is 2.05. The molecule has 0 fully saturated rings. The molecule has 2 rings (SSSR count). The Morgan fingerprint density at radius 3 is 2.00 bits per heavy atom. The summed E-state index contributed by atoms with van der Waals surface area (Å²) in [5, 5.41) is 1.22. The van der Waals surface area contributed by atoms with E-state index in [1.54, 1.807) is 0 Å². The lowest BCUT2D eigenvalue weighted by molar-refractivity contribution is 1.07. The largest absolute Gasteiger partial charge is 0.377 e. The van der Waals surface area contributed by atoms with E-state index in [0.29, 0.717) is 0 Å². The summed E-state index contributed by atoms with van der Waals surface area (Å²) >= 11 is 0. The zero-order chi connectivity index (χ0) is 13.4. The van der Waals surface area contributed by atoms with Crippen molar-refractivity contribution in [1.82, 2.24) is 4.98 Å². The minimum atomic E-state index is 0.995. The summed E-state index contributed by atoms with van der Waals surface area (Å²) in [6, 6.07) is 6.54. The molecule has 2 aromatic rings. The van der Waals surface area contributed by atoms with Crippen molar-refractivity contribution in [3.8, 4) is 0 Å². The van der Waals surface area contributed by atoms with Gasteiger partial charge in [-0.3, -0.25) is 0 Å². The van der Waals surface area contributed by atoms with Crippen LogP contribution < -0.4 is 9.80 Å². The molecule has 0 bridgehead atoms. The van der Waals surface area contributed by atoms with Crippen molar-refractivity contribution in [2.24, 2.45) is 0 Å². The molecule has 0 N–H and O–H groups in total. The van der Waals surface area contributed by atoms with Gasteiger partial charge in [-0.15, -0.1) is 0 Å². The number of fused-ring (bicyclic) bond motifs is 1. The normalized spacial score (nSPS) is 10.8. The Hall–Kier alpha value is -1.77. The SMILES string of the molecule is Cc1cc2nc(N(C)C)cc(N(C)C)c2cc1C. The van der Waals surface area contributed by atoms with Gasteiger partial charge in [-0.2, -0.15) is 0 Å². The molecular formula is C15H21N3. The lowest BCUT2D eigenvalue weighted by atomic mass is 10.0. The Labute approximate surface area is 109 Å². The first kappa shape index (κ1) is 12.7. The summed E-state index contributed by atoms with van der Waals surface area (Å²) in [6.45, 7) is 4.28. The molecule has 0 atom stereocenters. The first-order chi connectivity index (χ1) is 8.40. The van der Waals surface area contributed by atoms with Gasteiger partial charge in [0.2, 0.25) is 0 Å². The van der Waals surface area contributed by atoms with E-state index in [0.717, 1.165) is 11.3 Å². The lowest BCUT2D eigenvalue weighted by Crippen LogP contribution is -2.14. The van der Waals surface area contributed by atoms with Gasteiger partial charge >= 0.3 is 0 Å². The minimum Gasteiger partial charge on any atom is -0.377 e. The number of benzene rings is 1. The van der Waals surface area contributed by atoms with Crippen LogP contribution in [0.15, 0.2) is 18.2 Å². The van der Waals surface area contributed by atoms with Crippen molar-refractivity contribution in [1.29, 1.82) is 0 Å². The Morgan fingerprint density at radius 2 is 1.44 bits per heavy atom. The number of nitrogens with zero attached hydrogens (tertiary/aromatic N) is 3. The van der Waals surface area contributed by atoms with Gasteiger partial charge in [-0.05, 0) is 37.1 Å². The summed E-state index contributed by atoms with van der Waals surface area (Å²) < 4.78 is 0. The third kappa shape index (κ3) is 2.13. The van der Waals surface area contributed by atoms with Crippen LogP contribution >= 0.6 is 0 Å². The van der Waals surface area contributed by atoms with E-state index >= 15 is 0 Å². The zero-order valence-corrected chi connectivity index (χ0v) is 12.1. The molecule has 0 saturated heterocycles. The van der Waals surface area contributed by atoms with Crippen LogP contribution in [-0.2, 0) is 0 Å². The Kier molecular flexibility index (Phi) is 3.16. The maximum Gasteiger partial charge on any atom is 0.130 e. The number of pyridine rings is 1. The molecule has 18 heavy (non-hydrogen) atoms. The Morgan fingerprint density at radius 1 is 0.833 bits per heavy atom. The van der Waals surface area contributed by atoms with Crippen molar-refractivity contribution < 1.29 is 0 Å². The van der Waals surface area contributed by atoms with E-state index in [1.807, 2.05) is 19.0 Å². The van der Waals surface area contributed by atoms with Gasteiger partial charge in [0, 0.05) is 45.3 Å². The third-order valence-electron chi connectivity index (χ3n) is 3.33. The topological polar surface area (TPSA) is 19.4 Å². The quantitative estimate of drug-likeness (QED) is 0.808. The lowest BCUT2D eigenvalue weighted by Gasteiger charge is -2.20. The molecule has 0 amide bonds. The molecule has 3 nitrogen and oxygen atoms in total. The summed E-state index contributed by atoms with van der Waals surface area (Å²) in [7, 11) is 8.19. The predicted octanol–water partition coefficient (Wildman–Crippen LogP) is 2.98. The van der Waals surface area contributed by atoms with Gasteiger partial charge in [0.1, 0.15) is 5.82 Å². The van der Waals surface area contributed by atoms with Crippen LogP contribution in [0.25, 0.3) is 10.9 Å². The highest BCUT2D eigenvalue weighted by Gasteiger charge is 2.10. The summed E-state index contributed by atoms with van der Waals surface area (Å²) in [6.07, 6.45) is 0. The van der Waals surface area contributed by atoms with E-state index in [-0.39, 0.29) is 0 Å². The van der Waals surface area contributed by atoms with E-state index < -0.39 is 0 Å². The molecule has 3 heteroatoms. The van der Waals surface area contributed by atoms with Gasteiger partial charge in [-0.1, -0.05) is 0 Å². The van der Waals surface area contributed by atoms with Crippen LogP contribution in [0.2, 0.25) is 0 Å². The second-order valence-corrected chi connectivity index (χ2v) is 5.24. The summed E-state index contributed by atoms with van der Waals surface area (Å²) in [4.78, 5) is 8.91. The third-order valence-corrected chi connectivity index (χ3v) is 3.33. The average Bonchev–Trinajstić information content (AvgIpc) is 2.29. The van der Waals surface area contributed by atoms with E-state index in [4.69, 9.17) is 4.98 Å². The number of hydrogen-bond acceptors (Lipinski definition) is 3. The van der Waals surface area contributed by atoms with Crippen LogP contribution in [0, 0.1) is 13.8 Å². The average molecular weight is 243 g/mol. The van der Waals surface area contributed by atoms with E-state index in [2.05, 4.69) is 51.0 Å². The first-order valence-electron chi connectivity index (χ1n) is 6.17. The molecule has 0 aliphatic carbocycles. The van der Waals surface area contributed by atoms with E-state index in [9.17, 15) is 0 Å². The van der Waals surface area contributed by atoms with Crippen molar-refractivity contribution in [2.75, 3.05) is 38.0 Å². The van der Waals surface area contributed by atoms with Crippen LogP contribution in [0.3, 0.4) is 0 Å². The van der Waals surface area contributed by atoms with Gasteiger partial charge in [0.05, 0.1) is 5.52 Å². The maximum absolute atomic E-state index is 4.72. The van der Waals surface area contributed by atoms with Crippen molar-refractivity contribution in [2.45, 2.75) is 13.8 Å². The summed E-state index contributed by atoms with van der Waals surface area (Å²) in [5.41, 5.74) is 4.88. The molecule has 1 heterocycles. The molecule has 0 saturated carbocycles.